The first-order valence-corrected chi connectivity index (χ1v) is 4.48. The van der Waals surface area contributed by atoms with Crippen LogP contribution in [0.2, 0.25) is 0 Å². The normalized spacial score (nSPS) is 12.2. The van der Waals surface area contributed by atoms with Crippen LogP contribution in [0.5, 0.6) is 0 Å². The summed E-state index contributed by atoms with van der Waals surface area (Å²) in [6, 6.07) is 0. The quantitative estimate of drug-likeness (QED) is 0.644. The van der Waals surface area contributed by atoms with Gasteiger partial charge in [0, 0.05) is 19.4 Å². The molecule has 0 aromatic heterocycles. The fraction of sp³-hybridized carbons (Fsp3) is 0.900. The van der Waals surface area contributed by atoms with Crippen LogP contribution in [-0.4, -0.2) is 31.3 Å². The predicted molar refractivity (Wildman–Crippen MR) is 52.3 cm³/mol. The summed E-state index contributed by atoms with van der Waals surface area (Å²) in [5.74, 6) is 0.371. The van der Waals surface area contributed by atoms with Gasteiger partial charge < -0.3 is 4.90 Å². The van der Waals surface area contributed by atoms with E-state index in [1.807, 2.05) is 19.0 Å². The fourth-order valence-electron chi connectivity index (χ4n) is 1.03. The lowest BCUT2D eigenvalue weighted by molar-refractivity contribution is -0.120. The molecular formula is C10H21NO. The van der Waals surface area contributed by atoms with Gasteiger partial charge in [-0.2, -0.15) is 0 Å². The number of ketones is 1. The van der Waals surface area contributed by atoms with E-state index in [0.717, 1.165) is 6.54 Å². The van der Waals surface area contributed by atoms with Crippen LogP contribution in [0.1, 0.15) is 33.6 Å². The zero-order valence-corrected chi connectivity index (χ0v) is 8.98. The van der Waals surface area contributed by atoms with Gasteiger partial charge in [-0.05, 0) is 19.5 Å². The lowest BCUT2D eigenvalue weighted by atomic mass is 9.89. The predicted octanol–water partition coefficient (Wildman–Crippen LogP) is 1.94. The topological polar surface area (TPSA) is 20.3 Å². The third-order valence-electron chi connectivity index (χ3n) is 1.57. The van der Waals surface area contributed by atoms with E-state index >= 15 is 0 Å². The Morgan fingerprint density at radius 3 is 2.08 bits per heavy atom. The Morgan fingerprint density at radius 2 is 1.75 bits per heavy atom. The molecule has 0 amide bonds. The third kappa shape index (κ3) is 7.73. The highest BCUT2D eigenvalue weighted by Crippen LogP contribution is 2.19. The Balaban J connectivity index is 3.61. The molecule has 0 aromatic carbocycles. The largest absolute Gasteiger partial charge is 0.309 e. The van der Waals surface area contributed by atoms with E-state index in [2.05, 4.69) is 20.8 Å². The molecule has 2 nitrogen and oxygen atoms in total. The molecule has 0 bridgehead atoms. The van der Waals surface area contributed by atoms with Gasteiger partial charge in [-0.25, -0.2) is 0 Å². The summed E-state index contributed by atoms with van der Waals surface area (Å²) in [6.07, 6.45) is 1.38. The molecule has 0 saturated heterocycles. The van der Waals surface area contributed by atoms with Crippen LogP contribution in [0.3, 0.4) is 0 Å². The van der Waals surface area contributed by atoms with Crippen molar-refractivity contribution in [1.29, 1.82) is 0 Å². The Morgan fingerprint density at radius 1 is 1.25 bits per heavy atom. The average Bonchev–Trinajstić information content (AvgIpc) is 1.79. The zero-order chi connectivity index (χ0) is 9.78. The first kappa shape index (κ1) is 11.6. The van der Waals surface area contributed by atoms with Gasteiger partial charge in [0.2, 0.25) is 0 Å². The number of Topliss-reactive ketones (excluding diaryl/α,β-unsaturated/α-hetero) is 1. The van der Waals surface area contributed by atoms with Crippen LogP contribution in [0.4, 0.5) is 0 Å². The Labute approximate surface area is 75.9 Å². The van der Waals surface area contributed by atoms with Crippen molar-refractivity contribution in [3.8, 4) is 0 Å². The van der Waals surface area contributed by atoms with Crippen LogP contribution in [0, 0.1) is 5.41 Å². The Hall–Kier alpha value is -0.370. The number of carbonyl (C=O) groups is 1. The van der Waals surface area contributed by atoms with E-state index in [1.165, 1.54) is 0 Å². The van der Waals surface area contributed by atoms with E-state index in [-0.39, 0.29) is 5.41 Å². The second-order valence-electron chi connectivity index (χ2n) is 4.83. The monoisotopic (exact) mass is 171 g/mol. The van der Waals surface area contributed by atoms with Crippen molar-refractivity contribution in [3.63, 3.8) is 0 Å². The van der Waals surface area contributed by atoms with E-state index in [0.29, 0.717) is 18.6 Å². The molecule has 0 heterocycles. The summed E-state index contributed by atoms with van der Waals surface area (Å²) in [5, 5.41) is 0. The minimum Gasteiger partial charge on any atom is -0.309 e. The maximum Gasteiger partial charge on any atom is 0.134 e. The molecule has 0 spiro atoms. The maximum absolute atomic E-state index is 11.3. The second-order valence-corrected chi connectivity index (χ2v) is 4.83. The van der Waals surface area contributed by atoms with Gasteiger partial charge in [-0.3, -0.25) is 4.79 Å². The highest BCUT2D eigenvalue weighted by atomic mass is 16.1. The Kier molecular flexibility index (Phi) is 4.46. The highest BCUT2D eigenvalue weighted by Gasteiger charge is 2.15. The molecule has 0 saturated carbocycles. The molecule has 0 atom stereocenters. The highest BCUT2D eigenvalue weighted by molar-refractivity contribution is 5.79. The molecule has 2 heteroatoms. The van der Waals surface area contributed by atoms with Gasteiger partial charge in [0.1, 0.15) is 5.78 Å². The number of nitrogens with zero attached hydrogens (tertiary/aromatic N) is 1. The van der Waals surface area contributed by atoms with E-state index < -0.39 is 0 Å². The smallest absolute Gasteiger partial charge is 0.134 e. The molecule has 0 aliphatic carbocycles. The second kappa shape index (κ2) is 4.61. The van der Waals surface area contributed by atoms with Crippen molar-refractivity contribution in [2.75, 3.05) is 20.6 Å². The summed E-state index contributed by atoms with van der Waals surface area (Å²) in [4.78, 5) is 13.4. The van der Waals surface area contributed by atoms with Crippen LogP contribution in [0.15, 0.2) is 0 Å². The van der Waals surface area contributed by atoms with Crippen LogP contribution in [-0.2, 0) is 4.79 Å². The number of carbonyl (C=O) groups excluding carboxylic acids is 1. The molecule has 0 unspecified atom stereocenters. The van der Waals surface area contributed by atoms with Crippen molar-refractivity contribution >= 4 is 5.78 Å². The lowest BCUT2D eigenvalue weighted by Crippen LogP contribution is -2.19. The van der Waals surface area contributed by atoms with Gasteiger partial charge in [-0.1, -0.05) is 20.8 Å². The molecule has 0 N–H and O–H groups in total. The van der Waals surface area contributed by atoms with Crippen LogP contribution in [0.25, 0.3) is 0 Å². The van der Waals surface area contributed by atoms with Gasteiger partial charge >= 0.3 is 0 Å². The molecule has 0 aromatic rings. The Bertz CT molecular complexity index is 144. The van der Waals surface area contributed by atoms with Crippen molar-refractivity contribution in [1.82, 2.24) is 4.90 Å². The molecule has 0 radical (unpaired) electrons. The zero-order valence-electron chi connectivity index (χ0n) is 8.98. The van der Waals surface area contributed by atoms with Gasteiger partial charge in [-0.15, -0.1) is 0 Å². The molecule has 0 aliphatic heterocycles. The lowest BCUT2D eigenvalue weighted by Gasteiger charge is -2.17. The van der Waals surface area contributed by atoms with Crippen LogP contribution < -0.4 is 0 Å². The molecule has 0 aliphatic rings. The van der Waals surface area contributed by atoms with Crippen molar-refractivity contribution in [3.05, 3.63) is 0 Å². The minimum absolute atomic E-state index is 0.142. The summed E-state index contributed by atoms with van der Waals surface area (Å²) in [6.45, 7) is 7.16. The number of hydrogen-bond acceptors (Lipinski definition) is 2. The third-order valence-corrected chi connectivity index (χ3v) is 1.57. The fourth-order valence-corrected chi connectivity index (χ4v) is 1.03. The molecular weight excluding hydrogens is 150 g/mol. The molecule has 72 valence electrons. The van der Waals surface area contributed by atoms with Crippen molar-refractivity contribution in [2.24, 2.45) is 5.41 Å². The summed E-state index contributed by atoms with van der Waals surface area (Å²) >= 11 is 0. The van der Waals surface area contributed by atoms with Crippen molar-refractivity contribution in [2.45, 2.75) is 33.6 Å². The van der Waals surface area contributed by atoms with E-state index in [9.17, 15) is 4.79 Å². The summed E-state index contributed by atoms with van der Waals surface area (Å²) < 4.78 is 0. The maximum atomic E-state index is 11.3. The average molecular weight is 171 g/mol. The molecule has 0 fully saturated rings. The van der Waals surface area contributed by atoms with Gasteiger partial charge in [0.15, 0.2) is 0 Å². The summed E-state index contributed by atoms with van der Waals surface area (Å²) in [7, 11) is 3.98. The van der Waals surface area contributed by atoms with Crippen LogP contribution >= 0.6 is 0 Å². The van der Waals surface area contributed by atoms with Crippen molar-refractivity contribution < 1.29 is 4.79 Å². The van der Waals surface area contributed by atoms with E-state index in [4.69, 9.17) is 0 Å². The first-order valence-electron chi connectivity index (χ1n) is 4.48. The minimum atomic E-state index is 0.142. The number of hydrogen-bond donors (Lipinski definition) is 0. The molecule has 0 rings (SSSR count). The van der Waals surface area contributed by atoms with E-state index in [1.54, 1.807) is 0 Å². The number of rotatable bonds is 4. The standard InChI is InChI=1S/C10H21NO/c1-10(2,3)8-9(12)6-7-11(4)5/h6-8H2,1-5H3. The van der Waals surface area contributed by atoms with Gasteiger partial charge in [0.05, 0.1) is 0 Å². The summed E-state index contributed by atoms with van der Waals surface area (Å²) in [5.41, 5.74) is 0.142. The SMILES string of the molecule is CN(C)CCC(=O)CC(C)(C)C. The van der Waals surface area contributed by atoms with Gasteiger partial charge in [0.25, 0.3) is 0 Å². The first-order chi connectivity index (χ1) is 5.31. The molecule has 12 heavy (non-hydrogen) atoms.